The molecule has 222 valence electrons. The van der Waals surface area contributed by atoms with Crippen molar-refractivity contribution in [3.8, 4) is 23.2 Å². The van der Waals surface area contributed by atoms with Gasteiger partial charge in [-0.15, -0.1) is 0 Å². The molecule has 11 nitrogen and oxygen atoms in total. The van der Waals surface area contributed by atoms with Crippen molar-refractivity contribution < 1.29 is 23.0 Å². The number of likely N-dealkylation sites (N-methyl/N-ethyl adjacent to an activating group) is 1. The molecule has 5 heterocycles. The Hall–Kier alpha value is -4.45. The minimum absolute atomic E-state index is 0.0323. The number of hydrogen-bond donors (Lipinski definition) is 1. The summed E-state index contributed by atoms with van der Waals surface area (Å²) in [5, 5.41) is 10.8. The van der Waals surface area contributed by atoms with Crippen LogP contribution in [-0.4, -0.2) is 96.3 Å². The summed E-state index contributed by atoms with van der Waals surface area (Å²) >= 11 is 0.963. The fraction of sp³-hybridized carbons (Fsp3) is 0.345. The van der Waals surface area contributed by atoms with E-state index in [1.54, 1.807) is 12.0 Å². The number of amides is 1. The summed E-state index contributed by atoms with van der Waals surface area (Å²) in [7, 11) is 3.51. The first-order chi connectivity index (χ1) is 20.7. The van der Waals surface area contributed by atoms with Gasteiger partial charge in [0, 0.05) is 63.5 Å². The highest BCUT2D eigenvalue weighted by Gasteiger charge is 2.35. The van der Waals surface area contributed by atoms with Gasteiger partial charge in [-0.05, 0) is 25.3 Å². The third-order valence-electron chi connectivity index (χ3n) is 7.84. The lowest BCUT2D eigenvalue weighted by atomic mass is 10.0. The summed E-state index contributed by atoms with van der Waals surface area (Å²) in [6.45, 7) is 6.19. The van der Waals surface area contributed by atoms with Gasteiger partial charge in [0.05, 0.1) is 15.9 Å². The van der Waals surface area contributed by atoms with Crippen LogP contribution in [0, 0.1) is 23.0 Å². The van der Waals surface area contributed by atoms with Crippen LogP contribution in [0.15, 0.2) is 31.0 Å². The number of nitrogen functional groups attached to an aromatic ring is 1. The predicted molar refractivity (Wildman–Crippen MR) is 159 cm³/mol. The number of pyridine rings is 2. The predicted octanol–water partition coefficient (Wildman–Crippen LogP) is 3.18. The van der Waals surface area contributed by atoms with Crippen molar-refractivity contribution in [3.63, 3.8) is 0 Å². The Morgan fingerprint density at radius 1 is 1.19 bits per heavy atom. The van der Waals surface area contributed by atoms with Crippen molar-refractivity contribution in [2.45, 2.75) is 12.2 Å². The Morgan fingerprint density at radius 3 is 2.63 bits per heavy atom. The van der Waals surface area contributed by atoms with E-state index in [0.29, 0.717) is 50.3 Å². The molecule has 6 rings (SSSR count). The lowest BCUT2D eigenvalue weighted by Gasteiger charge is -2.36. The molecule has 2 aliphatic heterocycles. The number of aromatic nitrogens is 3. The molecule has 0 radical (unpaired) electrons. The van der Waals surface area contributed by atoms with Gasteiger partial charge in [0.25, 0.3) is 0 Å². The molecule has 0 bridgehead atoms. The molecule has 43 heavy (non-hydrogen) atoms. The van der Waals surface area contributed by atoms with E-state index < -0.39 is 17.7 Å². The monoisotopic (exact) mass is 606 g/mol. The zero-order valence-corrected chi connectivity index (χ0v) is 24.3. The molecular formula is C29H28F2N8O3S. The molecule has 0 saturated carbocycles. The van der Waals surface area contributed by atoms with Gasteiger partial charge in [-0.25, -0.2) is 18.7 Å². The van der Waals surface area contributed by atoms with Crippen molar-refractivity contribution in [3.05, 3.63) is 48.2 Å². The van der Waals surface area contributed by atoms with Crippen LogP contribution in [0.2, 0.25) is 0 Å². The summed E-state index contributed by atoms with van der Waals surface area (Å²) in [5.74, 6) is -1.52. The van der Waals surface area contributed by atoms with E-state index >= 15 is 4.39 Å². The summed E-state index contributed by atoms with van der Waals surface area (Å²) in [6.07, 6.45) is 1.97. The number of hydrogen-bond acceptors (Lipinski definition) is 11. The number of fused-ring (bicyclic) bond motifs is 2. The number of ether oxygens (including phenoxy) is 2. The first-order valence-electron chi connectivity index (χ1n) is 13.6. The number of benzene rings is 1. The maximum atomic E-state index is 16.6. The molecule has 0 unspecified atom stereocenters. The molecule has 0 aliphatic carbocycles. The first-order valence-corrected chi connectivity index (χ1v) is 14.4. The number of nitrogens with two attached hydrogens (primary N) is 1. The Bertz CT molecular complexity index is 1800. The second-order valence-electron chi connectivity index (χ2n) is 10.4. The molecule has 14 heteroatoms. The van der Waals surface area contributed by atoms with Crippen LogP contribution in [0.25, 0.3) is 32.4 Å². The van der Waals surface area contributed by atoms with Crippen LogP contribution >= 0.6 is 11.3 Å². The summed E-state index contributed by atoms with van der Waals surface area (Å²) in [4.78, 5) is 31.0. The molecule has 2 saturated heterocycles. The number of methoxy groups -OCH3 is 1. The quantitative estimate of drug-likeness (QED) is 0.326. The number of carbonyl (C=O) groups is 1. The SMILES string of the molecule is C=CC(=O)N1CCN(c2c(C#N)c(O[C@@H]3CN(C)C[C@H]3OC)nc3c(F)c(-c4ccc(F)c5sc(N)nc45)ncc23)CC1. The van der Waals surface area contributed by atoms with Crippen molar-refractivity contribution >= 4 is 49.2 Å². The summed E-state index contributed by atoms with van der Waals surface area (Å²) < 4.78 is 43.2. The number of anilines is 2. The Morgan fingerprint density at radius 2 is 1.93 bits per heavy atom. The van der Waals surface area contributed by atoms with E-state index in [-0.39, 0.29) is 55.6 Å². The van der Waals surface area contributed by atoms with Crippen molar-refractivity contribution in [1.29, 1.82) is 5.26 Å². The van der Waals surface area contributed by atoms with Gasteiger partial charge >= 0.3 is 0 Å². The maximum Gasteiger partial charge on any atom is 0.246 e. The third-order valence-corrected chi connectivity index (χ3v) is 8.73. The average Bonchev–Trinajstić information content (AvgIpc) is 3.58. The first kappa shape index (κ1) is 28.7. The molecule has 3 aromatic heterocycles. The molecule has 0 spiro atoms. The smallest absolute Gasteiger partial charge is 0.246 e. The normalized spacial score (nSPS) is 19.2. The largest absolute Gasteiger partial charge is 0.469 e. The van der Waals surface area contributed by atoms with Gasteiger partial charge in [0.2, 0.25) is 11.8 Å². The molecule has 2 aliphatic rings. The number of piperazine rings is 1. The van der Waals surface area contributed by atoms with Crippen LogP contribution in [0.5, 0.6) is 5.88 Å². The zero-order valence-electron chi connectivity index (χ0n) is 23.5. The Balaban J connectivity index is 1.53. The van der Waals surface area contributed by atoms with E-state index in [2.05, 4.69) is 27.6 Å². The molecular weight excluding hydrogens is 578 g/mol. The Labute approximate surface area is 249 Å². The topological polar surface area (TPSA) is 134 Å². The van der Waals surface area contributed by atoms with E-state index in [1.807, 2.05) is 16.8 Å². The zero-order chi connectivity index (χ0) is 30.4. The minimum atomic E-state index is -0.778. The van der Waals surface area contributed by atoms with Gasteiger partial charge < -0.3 is 25.0 Å². The maximum absolute atomic E-state index is 16.6. The third kappa shape index (κ3) is 4.99. The second kappa shape index (κ2) is 11.3. The molecule has 1 amide bonds. The highest BCUT2D eigenvalue weighted by molar-refractivity contribution is 7.22. The second-order valence-corrected chi connectivity index (χ2v) is 11.5. The van der Waals surface area contributed by atoms with Gasteiger partial charge in [0.1, 0.15) is 40.9 Å². The number of rotatable bonds is 6. The molecule has 2 fully saturated rings. The van der Waals surface area contributed by atoms with Crippen LogP contribution in [-0.2, 0) is 9.53 Å². The van der Waals surface area contributed by atoms with E-state index in [4.69, 9.17) is 15.2 Å². The van der Waals surface area contributed by atoms with Gasteiger partial charge in [-0.1, -0.05) is 17.9 Å². The average molecular weight is 607 g/mol. The number of nitrogens with zero attached hydrogens (tertiary/aromatic N) is 7. The molecule has 2 N–H and O–H groups in total. The molecule has 2 atom stereocenters. The van der Waals surface area contributed by atoms with Crippen molar-refractivity contribution in [2.75, 3.05) is 64.1 Å². The molecule has 1 aromatic carbocycles. The highest BCUT2D eigenvalue weighted by Crippen LogP contribution is 2.41. The minimum Gasteiger partial charge on any atom is -0.469 e. The van der Waals surface area contributed by atoms with Crippen LogP contribution in [0.1, 0.15) is 5.56 Å². The lowest BCUT2D eigenvalue weighted by molar-refractivity contribution is -0.126. The van der Waals surface area contributed by atoms with Crippen LogP contribution in [0.4, 0.5) is 19.6 Å². The fourth-order valence-corrected chi connectivity index (χ4v) is 6.49. The van der Waals surface area contributed by atoms with Gasteiger partial charge in [-0.2, -0.15) is 5.26 Å². The van der Waals surface area contributed by atoms with Crippen molar-refractivity contribution in [2.24, 2.45) is 0 Å². The number of thiazole rings is 1. The molecule has 4 aromatic rings. The summed E-state index contributed by atoms with van der Waals surface area (Å²) in [6, 6.07) is 4.85. The Kier molecular flexibility index (Phi) is 7.55. The number of halogens is 2. The number of nitriles is 1. The lowest BCUT2D eigenvalue weighted by Crippen LogP contribution is -2.48. The van der Waals surface area contributed by atoms with Gasteiger partial charge in [0.15, 0.2) is 10.9 Å². The van der Waals surface area contributed by atoms with Crippen molar-refractivity contribution in [1.82, 2.24) is 24.8 Å². The van der Waals surface area contributed by atoms with Crippen LogP contribution < -0.4 is 15.4 Å². The van der Waals surface area contributed by atoms with Crippen LogP contribution in [0.3, 0.4) is 0 Å². The van der Waals surface area contributed by atoms with E-state index in [1.165, 1.54) is 24.4 Å². The number of carbonyl (C=O) groups excluding carboxylic acids is 1. The standard InChI is InChI=1S/C29H28F2N8O3S/c1-4-21(40)38-7-9-39(10-8-38)26-16(11-32)28(42-20-14-37(2)13-19(20)41-3)35-24-17(26)12-34-23(22(24)31)15-5-6-18(30)27-25(15)36-29(33)43-27/h4-6,12,19-20H,1,7-10,13-14H2,2-3H3,(H2,33,36)/t19-,20-/m1/s1. The fourth-order valence-electron chi connectivity index (χ4n) is 5.73. The number of likely N-dealkylation sites (tertiary alicyclic amines) is 1. The van der Waals surface area contributed by atoms with Gasteiger partial charge in [-0.3, -0.25) is 14.7 Å². The van der Waals surface area contributed by atoms with E-state index in [0.717, 1.165) is 11.3 Å². The summed E-state index contributed by atoms with van der Waals surface area (Å²) in [5.41, 5.74) is 6.69. The highest BCUT2D eigenvalue weighted by atomic mass is 32.1. The van der Waals surface area contributed by atoms with E-state index in [9.17, 15) is 14.4 Å².